The Kier molecular flexibility index (Phi) is 6.69. The highest BCUT2D eigenvalue weighted by molar-refractivity contribution is 7.66. The summed E-state index contributed by atoms with van der Waals surface area (Å²) in [5, 5.41) is 0. The van der Waals surface area contributed by atoms with Crippen molar-refractivity contribution in [3.63, 3.8) is 0 Å². The molecule has 0 aromatic rings. The molecule has 0 bridgehead atoms. The molecule has 1 nitrogen and oxygen atoms in total. The zero-order valence-corrected chi connectivity index (χ0v) is 19.3. The van der Waals surface area contributed by atoms with E-state index in [4.69, 9.17) is 0 Å². The van der Waals surface area contributed by atoms with Crippen LogP contribution in [0, 0.1) is 35.5 Å². The van der Waals surface area contributed by atoms with Gasteiger partial charge >= 0.3 is 0 Å². The van der Waals surface area contributed by atoms with Gasteiger partial charge in [0.1, 0.15) is 0 Å². The summed E-state index contributed by atoms with van der Waals surface area (Å²) in [5.74, 6) is 4.63. The van der Waals surface area contributed by atoms with E-state index in [9.17, 15) is 0 Å². The highest BCUT2D eigenvalue weighted by atomic mass is 31.2. The minimum atomic E-state index is -2.17. The average Bonchev–Trinajstić information content (AvgIpc) is 2.51. The molecule has 2 heteroatoms. The molecule has 0 saturated heterocycles. The van der Waals surface area contributed by atoms with Crippen LogP contribution in [0.15, 0.2) is 0 Å². The Balaban J connectivity index is 1.93. The predicted molar refractivity (Wildman–Crippen MR) is 116 cm³/mol. The lowest BCUT2D eigenvalue weighted by molar-refractivity contribution is 0.263. The summed E-state index contributed by atoms with van der Waals surface area (Å²) < 4.78 is 15.2. The molecular formula is C24H45OP. The highest BCUT2D eigenvalue weighted by Crippen LogP contribution is 2.70. The first-order valence-electron chi connectivity index (χ1n) is 11.8. The third-order valence-electron chi connectivity index (χ3n) is 8.17. The van der Waals surface area contributed by atoms with Crippen molar-refractivity contribution in [1.29, 1.82) is 0 Å². The van der Waals surface area contributed by atoms with Gasteiger partial charge < -0.3 is 4.57 Å². The molecule has 0 radical (unpaired) electrons. The molecule has 0 amide bonds. The molecule has 152 valence electrons. The van der Waals surface area contributed by atoms with Crippen molar-refractivity contribution >= 4 is 7.14 Å². The summed E-state index contributed by atoms with van der Waals surface area (Å²) in [6, 6.07) is 0. The monoisotopic (exact) mass is 380 g/mol. The Morgan fingerprint density at radius 3 is 0.808 bits per heavy atom. The van der Waals surface area contributed by atoms with Crippen molar-refractivity contribution < 1.29 is 4.57 Å². The lowest BCUT2D eigenvalue weighted by atomic mass is 9.82. The number of hydrogen-bond donors (Lipinski definition) is 0. The van der Waals surface area contributed by atoms with Crippen LogP contribution in [-0.4, -0.2) is 17.0 Å². The number of hydrogen-bond acceptors (Lipinski definition) is 1. The fourth-order valence-electron chi connectivity index (χ4n) is 7.60. The molecule has 3 aliphatic rings. The van der Waals surface area contributed by atoms with Crippen molar-refractivity contribution in [3.05, 3.63) is 0 Å². The van der Waals surface area contributed by atoms with E-state index in [1.54, 1.807) is 0 Å². The maximum atomic E-state index is 15.2. The second-order valence-corrected chi connectivity index (χ2v) is 15.2. The van der Waals surface area contributed by atoms with E-state index in [2.05, 4.69) is 41.5 Å². The van der Waals surface area contributed by atoms with Gasteiger partial charge in [0.15, 0.2) is 0 Å². The zero-order chi connectivity index (χ0) is 19.1. The molecule has 0 N–H and O–H groups in total. The van der Waals surface area contributed by atoms with Gasteiger partial charge in [0.25, 0.3) is 0 Å². The zero-order valence-electron chi connectivity index (χ0n) is 18.4. The van der Waals surface area contributed by atoms with Crippen molar-refractivity contribution in [2.45, 2.75) is 116 Å². The second-order valence-electron chi connectivity index (χ2n) is 11.5. The van der Waals surface area contributed by atoms with E-state index in [0.29, 0.717) is 17.0 Å². The third kappa shape index (κ3) is 4.45. The fourth-order valence-corrected chi connectivity index (χ4v) is 13.5. The smallest absolute Gasteiger partial charge is 0.0965 e. The lowest BCUT2D eigenvalue weighted by Crippen LogP contribution is -2.38. The van der Waals surface area contributed by atoms with Crippen molar-refractivity contribution in [2.75, 3.05) is 0 Å². The summed E-state index contributed by atoms with van der Waals surface area (Å²) in [5.41, 5.74) is 1.60. The van der Waals surface area contributed by atoms with E-state index in [0.717, 1.165) is 35.5 Å². The first kappa shape index (κ1) is 21.0. The normalized spacial score (nSPS) is 50.2. The van der Waals surface area contributed by atoms with Crippen LogP contribution in [0.4, 0.5) is 0 Å². The van der Waals surface area contributed by atoms with Crippen LogP contribution in [-0.2, 0) is 4.57 Å². The molecule has 0 aromatic heterocycles. The van der Waals surface area contributed by atoms with Gasteiger partial charge in [-0.25, -0.2) is 0 Å². The molecule has 3 fully saturated rings. The van der Waals surface area contributed by atoms with Gasteiger partial charge in [-0.15, -0.1) is 0 Å². The van der Waals surface area contributed by atoms with Gasteiger partial charge in [0, 0.05) is 17.0 Å². The van der Waals surface area contributed by atoms with E-state index in [1.807, 2.05) is 0 Å². The van der Waals surface area contributed by atoms with Crippen LogP contribution >= 0.6 is 7.14 Å². The van der Waals surface area contributed by atoms with Gasteiger partial charge in [-0.1, -0.05) is 41.5 Å². The molecule has 0 spiro atoms. The van der Waals surface area contributed by atoms with E-state index in [-0.39, 0.29) is 0 Å². The summed E-state index contributed by atoms with van der Waals surface area (Å²) in [6.45, 7) is 14.5. The fraction of sp³-hybridized carbons (Fsp3) is 1.00. The molecule has 3 saturated carbocycles. The van der Waals surface area contributed by atoms with Crippen molar-refractivity contribution in [3.8, 4) is 0 Å². The summed E-state index contributed by atoms with van der Waals surface area (Å²) >= 11 is 0. The van der Waals surface area contributed by atoms with E-state index < -0.39 is 7.14 Å². The maximum Gasteiger partial charge on any atom is 0.0965 e. The molecule has 0 aliphatic heterocycles. The lowest BCUT2D eigenvalue weighted by Gasteiger charge is -2.49. The molecule has 3 aliphatic carbocycles. The van der Waals surface area contributed by atoms with Crippen LogP contribution < -0.4 is 0 Å². The average molecular weight is 381 g/mol. The Morgan fingerprint density at radius 1 is 0.423 bits per heavy atom. The third-order valence-corrected chi connectivity index (χ3v) is 12.9. The first-order valence-corrected chi connectivity index (χ1v) is 13.7. The van der Waals surface area contributed by atoms with Gasteiger partial charge in [-0.3, -0.25) is 0 Å². The number of rotatable bonds is 3. The van der Waals surface area contributed by atoms with Gasteiger partial charge in [0.05, 0.1) is 7.14 Å². The Labute approximate surface area is 163 Å². The minimum Gasteiger partial charge on any atom is -0.323 e. The molecule has 6 unspecified atom stereocenters. The molecule has 0 aromatic carbocycles. The standard InChI is InChI=1S/C24H45OP/c1-16-7-17(2)11-22(10-16)26(25,23-12-18(3)8-19(4)13-23)24-14-20(5)9-21(6)15-24/h16-24H,7-15H2,1-6H3. The van der Waals surface area contributed by atoms with Crippen LogP contribution in [0.2, 0.25) is 0 Å². The first-order chi connectivity index (χ1) is 12.2. The molecular weight excluding hydrogens is 335 g/mol. The van der Waals surface area contributed by atoms with Gasteiger partial charge in [-0.05, 0) is 93.3 Å². The second kappa shape index (κ2) is 8.31. The Bertz CT molecular complexity index is 413. The van der Waals surface area contributed by atoms with Gasteiger partial charge in [-0.2, -0.15) is 0 Å². The maximum absolute atomic E-state index is 15.2. The van der Waals surface area contributed by atoms with Crippen molar-refractivity contribution in [1.82, 2.24) is 0 Å². The van der Waals surface area contributed by atoms with E-state index in [1.165, 1.54) is 57.8 Å². The predicted octanol–water partition coefficient (Wildman–Crippen LogP) is 7.82. The van der Waals surface area contributed by atoms with E-state index >= 15 is 4.57 Å². The SMILES string of the molecule is CC1CC(C)CC(P(=O)(C2CC(C)CC(C)C2)C2CC(C)CC(C)C2)C1. The topological polar surface area (TPSA) is 17.1 Å². The quantitative estimate of drug-likeness (QED) is 0.456. The largest absolute Gasteiger partial charge is 0.323 e. The van der Waals surface area contributed by atoms with Crippen LogP contribution in [0.1, 0.15) is 99.3 Å². The molecule has 6 atom stereocenters. The minimum absolute atomic E-state index is 0.534. The van der Waals surface area contributed by atoms with Crippen LogP contribution in [0.25, 0.3) is 0 Å². The molecule has 3 rings (SSSR count). The van der Waals surface area contributed by atoms with Gasteiger partial charge in [0.2, 0.25) is 0 Å². The van der Waals surface area contributed by atoms with Crippen LogP contribution in [0.5, 0.6) is 0 Å². The molecule has 26 heavy (non-hydrogen) atoms. The highest BCUT2D eigenvalue weighted by Gasteiger charge is 2.50. The molecule has 0 heterocycles. The summed E-state index contributed by atoms with van der Waals surface area (Å²) in [7, 11) is -2.17. The Morgan fingerprint density at radius 2 is 0.615 bits per heavy atom. The van der Waals surface area contributed by atoms with Crippen molar-refractivity contribution in [2.24, 2.45) is 35.5 Å². The summed E-state index contributed by atoms with van der Waals surface area (Å²) in [6.07, 6.45) is 11.6. The summed E-state index contributed by atoms with van der Waals surface area (Å²) in [4.78, 5) is 0. The Hall–Kier alpha value is 0.230. The van der Waals surface area contributed by atoms with Crippen LogP contribution in [0.3, 0.4) is 0 Å².